The highest BCUT2D eigenvalue weighted by molar-refractivity contribution is 5.81. The van der Waals surface area contributed by atoms with Gasteiger partial charge in [-0.1, -0.05) is 0 Å². The number of nitrogens with one attached hydrogen (secondary N) is 1. The lowest BCUT2D eigenvalue weighted by Crippen LogP contribution is -2.52. The number of hydrogen-bond donors (Lipinski definition) is 3. The number of morpholine rings is 1. The summed E-state index contributed by atoms with van der Waals surface area (Å²) < 4.78 is 5.34. The maximum absolute atomic E-state index is 11.8. The van der Waals surface area contributed by atoms with Gasteiger partial charge in [-0.05, 0) is 18.2 Å². The number of phenolic OH excluding ortho intramolecular Hbond substituents is 1. The zero-order valence-electron chi connectivity index (χ0n) is 10.9. The molecule has 0 saturated carbocycles. The summed E-state index contributed by atoms with van der Waals surface area (Å²) in [5.41, 5.74) is 7.03. The van der Waals surface area contributed by atoms with Crippen LogP contribution in [0.4, 0.5) is 5.69 Å². The first-order chi connectivity index (χ1) is 9.11. The van der Waals surface area contributed by atoms with E-state index in [9.17, 15) is 9.90 Å². The van der Waals surface area contributed by atoms with Gasteiger partial charge in [0.1, 0.15) is 11.8 Å². The zero-order chi connectivity index (χ0) is 13.8. The number of benzene rings is 1. The Bertz CT molecular complexity index is 464. The second-order valence-corrected chi connectivity index (χ2v) is 4.56. The Hall–Kier alpha value is -1.79. The fraction of sp³-hybridized carbons (Fsp3) is 0.462. The molecule has 6 nitrogen and oxygen atoms in total. The lowest BCUT2D eigenvalue weighted by Gasteiger charge is -2.34. The molecule has 6 heteroatoms. The average Bonchev–Trinajstić information content (AvgIpc) is 2.42. The van der Waals surface area contributed by atoms with Gasteiger partial charge in [0.25, 0.3) is 0 Å². The minimum absolute atomic E-state index is 0.0805. The van der Waals surface area contributed by atoms with Gasteiger partial charge in [0.05, 0.1) is 13.2 Å². The Kier molecular flexibility index (Phi) is 4.24. The number of nitrogen functional groups attached to an aromatic ring is 1. The molecule has 1 heterocycles. The third-order valence-electron chi connectivity index (χ3n) is 3.27. The molecule has 104 valence electrons. The van der Waals surface area contributed by atoms with Crippen LogP contribution < -0.4 is 11.1 Å². The number of carbonyl (C=O) groups excluding carboxylic acids is 1. The largest absolute Gasteiger partial charge is 0.508 e. The van der Waals surface area contributed by atoms with E-state index >= 15 is 0 Å². The van der Waals surface area contributed by atoms with Crippen LogP contribution >= 0.6 is 0 Å². The first kappa shape index (κ1) is 13.6. The van der Waals surface area contributed by atoms with Gasteiger partial charge < -0.3 is 20.9 Å². The van der Waals surface area contributed by atoms with E-state index in [4.69, 9.17) is 10.5 Å². The van der Waals surface area contributed by atoms with E-state index in [2.05, 4.69) is 5.32 Å². The molecule has 2 rings (SSSR count). The first-order valence-electron chi connectivity index (χ1n) is 6.22. The van der Waals surface area contributed by atoms with Crippen molar-refractivity contribution in [2.75, 3.05) is 32.5 Å². The van der Waals surface area contributed by atoms with Crippen molar-refractivity contribution in [3.63, 3.8) is 0 Å². The first-order valence-corrected chi connectivity index (χ1v) is 6.22. The second kappa shape index (κ2) is 5.90. The highest BCUT2D eigenvalue weighted by Crippen LogP contribution is 2.23. The van der Waals surface area contributed by atoms with Crippen molar-refractivity contribution < 1.29 is 14.6 Å². The van der Waals surface area contributed by atoms with Gasteiger partial charge in [0.15, 0.2) is 0 Å². The number of aromatic hydroxyl groups is 1. The van der Waals surface area contributed by atoms with E-state index in [1.807, 2.05) is 4.90 Å². The van der Waals surface area contributed by atoms with Crippen molar-refractivity contribution in [2.24, 2.45) is 0 Å². The number of rotatable bonds is 3. The van der Waals surface area contributed by atoms with Gasteiger partial charge in [0, 0.05) is 31.4 Å². The number of anilines is 1. The standard InChI is InChI=1S/C13H19N3O3/c1-15-13(18)11-8-19-5-4-16(11)7-9-6-10(14)2-3-12(9)17/h2-3,6,11,17H,4-5,7-8,14H2,1H3,(H,15,18). The minimum Gasteiger partial charge on any atom is -0.508 e. The molecule has 0 spiro atoms. The second-order valence-electron chi connectivity index (χ2n) is 4.56. The molecule has 1 atom stereocenters. The molecule has 1 unspecified atom stereocenters. The van der Waals surface area contributed by atoms with Gasteiger partial charge in [0.2, 0.25) is 5.91 Å². The summed E-state index contributed by atoms with van der Waals surface area (Å²) in [4.78, 5) is 13.8. The van der Waals surface area contributed by atoms with E-state index in [1.165, 1.54) is 0 Å². The molecular formula is C13H19N3O3. The van der Waals surface area contributed by atoms with Crippen LogP contribution in [0.5, 0.6) is 5.75 Å². The Labute approximate surface area is 112 Å². The summed E-state index contributed by atoms with van der Waals surface area (Å²) >= 11 is 0. The molecule has 0 bridgehead atoms. The SMILES string of the molecule is CNC(=O)C1COCCN1Cc1cc(N)ccc1O. The average molecular weight is 265 g/mol. The van der Waals surface area contributed by atoms with Crippen molar-refractivity contribution in [2.45, 2.75) is 12.6 Å². The number of hydrogen-bond acceptors (Lipinski definition) is 5. The molecule has 1 saturated heterocycles. The molecule has 1 aliphatic rings. The predicted octanol–water partition coefficient (Wildman–Crippen LogP) is -0.0788. The lowest BCUT2D eigenvalue weighted by molar-refractivity contribution is -0.132. The normalized spacial score (nSPS) is 20.2. The monoisotopic (exact) mass is 265 g/mol. The third-order valence-corrected chi connectivity index (χ3v) is 3.27. The molecule has 19 heavy (non-hydrogen) atoms. The molecule has 1 fully saturated rings. The van der Waals surface area contributed by atoms with Crippen LogP contribution in [0.15, 0.2) is 18.2 Å². The van der Waals surface area contributed by atoms with Crippen molar-refractivity contribution in [3.05, 3.63) is 23.8 Å². The van der Waals surface area contributed by atoms with Crippen LogP contribution in [0.2, 0.25) is 0 Å². The molecule has 1 aliphatic heterocycles. The Morgan fingerprint density at radius 2 is 2.42 bits per heavy atom. The van der Waals surface area contributed by atoms with Crippen LogP contribution in [0, 0.1) is 0 Å². The molecule has 1 amide bonds. The summed E-state index contributed by atoms with van der Waals surface area (Å²) in [6.45, 7) is 2.06. The Morgan fingerprint density at radius 1 is 1.63 bits per heavy atom. The molecule has 4 N–H and O–H groups in total. The number of nitrogens with zero attached hydrogens (tertiary/aromatic N) is 1. The summed E-state index contributed by atoms with van der Waals surface area (Å²) in [7, 11) is 1.60. The van der Waals surface area contributed by atoms with E-state index in [0.717, 1.165) is 5.56 Å². The van der Waals surface area contributed by atoms with E-state index < -0.39 is 0 Å². The van der Waals surface area contributed by atoms with Crippen LogP contribution in [0.3, 0.4) is 0 Å². The number of nitrogens with two attached hydrogens (primary N) is 1. The number of carbonyl (C=O) groups is 1. The number of ether oxygens (including phenoxy) is 1. The number of likely N-dealkylation sites (N-methyl/N-ethyl adjacent to an activating group) is 1. The van der Waals surface area contributed by atoms with Crippen molar-refractivity contribution in [3.8, 4) is 5.75 Å². The topological polar surface area (TPSA) is 87.8 Å². The summed E-state index contributed by atoms with van der Waals surface area (Å²) in [5, 5.41) is 12.5. The van der Waals surface area contributed by atoms with Crippen molar-refractivity contribution in [1.29, 1.82) is 0 Å². The molecule has 1 aromatic rings. The Morgan fingerprint density at radius 3 is 3.16 bits per heavy atom. The molecule has 0 aromatic heterocycles. The van der Waals surface area contributed by atoms with Gasteiger partial charge in [-0.2, -0.15) is 0 Å². The smallest absolute Gasteiger partial charge is 0.239 e. The number of phenols is 1. The van der Waals surface area contributed by atoms with E-state index in [0.29, 0.717) is 32.0 Å². The van der Waals surface area contributed by atoms with Gasteiger partial charge in [-0.25, -0.2) is 0 Å². The third kappa shape index (κ3) is 3.15. The fourth-order valence-electron chi connectivity index (χ4n) is 2.19. The lowest BCUT2D eigenvalue weighted by atomic mass is 10.1. The highest BCUT2D eigenvalue weighted by atomic mass is 16.5. The summed E-state index contributed by atoms with van der Waals surface area (Å²) in [5.74, 6) is 0.111. The zero-order valence-corrected chi connectivity index (χ0v) is 10.9. The Balaban J connectivity index is 2.15. The molecule has 1 aromatic carbocycles. The van der Waals surface area contributed by atoms with Crippen LogP contribution in [-0.4, -0.2) is 48.8 Å². The van der Waals surface area contributed by atoms with Crippen molar-refractivity contribution in [1.82, 2.24) is 10.2 Å². The van der Waals surface area contributed by atoms with Crippen LogP contribution in [-0.2, 0) is 16.1 Å². The van der Waals surface area contributed by atoms with E-state index in [-0.39, 0.29) is 17.7 Å². The quantitative estimate of drug-likeness (QED) is 0.525. The van der Waals surface area contributed by atoms with Gasteiger partial charge in [-0.15, -0.1) is 0 Å². The van der Waals surface area contributed by atoms with Gasteiger partial charge >= 0.3 is 0 Å². The van der Waals surface area contributed by atoms with Crippen LogP contribution in [0.25, 0.3) is 0 Å². The predicted molar refractivity (Wildman–Crippen MR) is 71.6 cm³/mol. The molecule has 0 aliphatic carbocycles. The molecular weight excluding hydrogens is 246 g/mol. The highest BCUT2D eigenvalue weighted by Gasteiger charge is 2.29. The minimum atomic E-state index is -0.334. The number of amides is 1. The summed E-state index contributed by atoms with van der Waals surface area (Å²) in [6, 6.07) is 4.61. The van der Waals surface area contributed by atoms with Gasteiger partial charge in [-0.3, -0.25) is 9.69 Å². The maximum Gasteiger partial charge on any atom is 0.239 e. The maximum atomic E-state index is 11.8. The molecule has 0 radical (unpaired) electrons. The summed E-state index contributed by atoms with van der Waals surface area (Å²) in [6.07, 6.45) is 0. The van der Waals surface area contributed by atoms with E-state index in [1.54, 1.807) is 25.2 Å². The fourth-order valence-corrected chi connectivity index (χ4v) is 2.19. The van der Waals surface area contributed by atoms with Crippen LogP contribution in [0.1, 0.15) is 5.56 Å². The van der Waals surface area contributed by atoms with Crippen molar-refractivity contribution >= 4 is 11.6 Å².